The number of carboxylic acids is 1. The predicted molar refractivity (Wildman–Crippen MR) is 105 cm³/mol. The van der Waals surface area contributed by atoms with Crippen LogP contribution in [0.15, 0.2) is 48.6 Å². The van der Waals surface area contributed by atoms with Gasteiger partial charge in [-0.15, -0.1) is 0 Å². The maximum atomic E-state index is 10.3. The summed E-state index contributed by atoms with van der Waals surface area (Å²) in [6.07, 6.45) is 30.3. The van der Waals surface area contributed by atoms with Crippen LogP contribution in [0, 0.1) is 0 Å². The third kappa shape index (κ3) is 20.4. The average Bonchev–Trinajstić information content (AvgIpc) is 2.56. The lowest BCUT2D eigenvalue weighted by atomic mass is 10.1. The third-order valence-corrected chi connectivity index (χ3v) is 3.72. The van der Waals surface area contributed by atoms with Gasteiger partial charge in [0, 0.05) is 6.42 Å². The molecule has 0 heterocycles. The molecule has 136 valence electrons. The summed E-state index contributed by atoms with van der Waals surface area (Å²) in [5.41, 5.74) is 0. The van der Waals surface area contributed by atoms with Crippen LogP contribution in [-0.4, -0.2) is 11.1 Å². The van der Waals surface area contributed by atoms with Gasteiger partial charge >= 0.3 is 5.97 Å². The van der Waals surface area contributed by atoms with Crippen molar-refractivity contribution in [3.63, 3.8) is 0 Å². The van der Waals surface area contributed by atoms with E-state index in [-0.39, 0.29) is 6.42 Å². The number of allylic oxidation sites excluding steroid dienone is 8. The van der Waals surface area contributed by atoms with E-state index in [4.69, 9.17) is 5.11 Å². The van der Waals surface area contributed by atoms with Gasteiger partial charge in [-0.3, -0.25) is 4.79 Å². The molecule has 0 aromatic rings. The first kappa shape index (κ1) is 22.4. The van der Waals surface area contributed by atoms with E-state index in [0.29, 0.717) is 0 Å². The zero-order chi connectivity index (χ0) is 17.7. The zero-order valence-electron chi connectivity index (χ0n) is 15.5. The molecule has 0 aromatic carbocycles. The number of carboxylic acid groups (broad SMARTS) is 1. The molecular formula is C22H36O2. The molecule has 0 radical (unpaired) electrons. The van der Waals surface area contributed by atoms with E-state index in [0.717, 1.165) is 32.1 Å². The quantitative estimate of drug-likeness (QED) is 0.244. The number of rotatable bonds is 16. The van der Waals surface area contributed by atoms with Crippen LogP contribution >= 0.6 is 0 Å². The highest BCUT2D eigenvalue weighted by molar-refractivity contribution is 5.66. The summed E-state index contributed by atoms with van der Waals surface area (Å²) in [7, 11) is 0. The molecule has 0 fully saturated rings. The first-order valence-electron chi connectivity index (χ1n) is 9.59. The van der Waals surface area contributed by atoms with Crippen molar-refractivity contribution < 1.29 is 9.90 Å². The minimum absolute atomic E-state index is 0.262. The number of hydrogen-bond acceptors (Lipinski definition) is 1. The normalized spacial score (nSPS) is 12.4. The third-order valence-electron chi connectivity index (χ3n) is 3.72. The molecule has 0 bridgehead atoms. The smallest absolute Gasteiger partial charge is 0.303 e. The van der Waals surface area contributed by atoms with Crippen LogP contribution in [0.25, 0.3) is 0 Å². The van der Waals surface area contributed by atoms with E-state index in [9.17, 15) is 4.79 Å². The minimum atomic E-state index is -0.711. The summed E-state index contributed by atoms with van der Waals surface area (Å²) in [4.78, 5) is 10.3. The van der Waals surface area contributed by atoms with Gasteiger partial charge in [0.15, 0.2) is 0 Å². The minimum Gasteiger partial charge on any atom is -0.481 e. The van der Waals surface area contributed by atoms with Crippen LogP contribution in [-0.2, 0) is 4.79 Å². The Balaban J connectivity index is 3.38. The fourth-order valence-electron chi connectivity index (χ4n) is 2.29. The molecule has 0 aliphatic carbocycles. The van der Waals surface area contributed by atoms with Crippen molar-refractivity contribution in [3.05, 3.63) is 48.6 Å². The maximum absolute atomic E-state index is 10.3. The predicted octanol–water partition coefficient (Wildman–Crippen LogP) is 7.00. The van der Waals surface area contributed by atoms with Gasteiger partial charge in [-0.25, -0.2) is 0 Å². The van der Waals surface area contributed by atoms with Gasteiger partial charge in [-0.2, -0.15) is 0 Å². The monoisotopic (exact) mass is 332 g/mol. The Labute approximate surface area is 149 Å². The second-order valence-corrected chi connectivity index (χ2v) is 6.08. The van der Waals surface area contributed by atoms with Crippen LogP contribution in [0.1, 0.15) is 84.0 Å². The SMILES string of the molecule is CCCCCCCC=CCC=CCC=CCC=CCCCC(=O)O. The van der Waals surface area contributed by atoms with Crippen LogP contribution in [0.4, 0.5) is 0 Å². The van der Waals surface area contributed by atoms with Gasteiger partial charge in [0.25, 0.3) is 0 Å². The van der Waals surface area contributed by atoms with Crippen molar-refractivity contribution in [2.75, 3.05) is 0 Å². The van der Waals surface area contributed by atoms with Gasteiger partial charge in [-0.1, -0.05) is 81.2 Å². The summed E-state index contributed by atoms with van der Waals surface area (Å²) < 4.78 is 0. The molecule has 0 aromatic heterocycles. The Bertz CT molecular complexity index is 389. The lowest BCUT2D eigenvalue weighted by Gasteiger charge is -1.95. The van der Waals surface area contributed by atoms with E-state index >= 15 is 0 Å². The van der Waals surface area contributed by atoms with Crippen molar-refractivity contribution in [1.29, 1.82) is 0 Å². The number of unbranched alkanes of at least 4 members (excludes halogenated alkanes) is 6. The first-order chi connectivity index (χ1) is 11.8. The molecule has 2 heteroatoms. The van der Waals surface area contributed by atoms with Crippen LogP contribution in [0.3, 0.4) is 0 Å². The lowest BCUT2D eigenvalue weighted by Crippen LogP contribution is -1.92. The molecule has 2 nitrogen and oxygen atoms in total. The molecule has 0 aliphatic rings. The molecule has 0 unspecified atom stereocenters. The molecule has 1 N–H and O–H groups in total. The van der Waals surface area contributed by atoms with Crippen LogP contribution in [0.5, 0.6) is 0 Å². The number of carbonyl (C=O) groups is 1. The molecule has 0 saturated carbocycles. The van der Waals surface area contributed by atoms with E-state index in [1.165, 1.54) is 38.5 Å². The molecule has 24 heavy (non-hydrogen) atoms. The Morgan fingerprint density at radius 2 is 1.12 bits per heavy atom. The second kappa shape index (κ2) is 19.5. The highest BCUT2D eigenvalue weighted by atomic mass is 16.4. The van der Waals surface area contributed by atoms with Crippen LogP contribution < -0.4 is 0 Å². The maximum Gasteiger partial charge on any atom is 0.303 e. The van der Waals surface area contributed by atoms with E-state index < -0.39 is 5.97 Å². The summed E-state index contributed by atoms with van der Waals surface area (Å²) in [5.74, 6) is -0.711. The molecule has 0 saturated heterocycles. The number of hydrogen-bond donors (Lipinski definition) is 1. The van der Waals surface area contributed by atoms with Crippen molar-refractivity contribution in [2.24, 2.45) is 0 Å². The van der Waals surface area contributed by atoms with Crippen LogP contribution in [0.2, 0.25) is 0 Å². The summed E-state index contributed by atoms with van der Waals surface area (Å²) in [6, 6.07) is 0. The van der Waals surface area contributed by atoms with Crippen molar-refractivity contribution >= 4 is 5.97 Å². The van der Waals surface area contributed by atoms with E-state index in [1.807, 2.05) is 0 Å². The van der Waals surface area contributed by atoms with Crippen molar-refractivity contribution in [3.8, 4) is 0 Å². The van der Waals surface area contributed by atoms with Crippen molar-refractivity contribution in [2.45, 2.75) is 84.0 Å². The Morgan fingerprint density at radius 3 is 1.62 bits per heavy atom. The fraction of sp³-hybridized carbons (Fsp3) is 0.591. The zero-order valence-corrected chi connectivity index (χ0v) is 15.5. The largest absolute Gasteiger partial charge is 0.481 e. The molecule has 0 amide bonds. The fourth-order valence-corrected chi connectivity index (χ4v) is 2.29. The Morgan fingerprint density at radius 1 is 0.667 bits per heavy atom. The first-order valence-corrected chi connectivity index (χ1v) is 9.59. The van der Waals surface area contributed by atoms with Gasteiger partial charge in [0.1, 0.15) is 0 Å². The lowest BCUT2D eigenvalue weighted by molar-refractivity contribution is -0.137. The van der Waals surface area contributed by atoms with Crippen molar-refractivity contribution in [1.82, 2.24) is 0 Å². The van der Waals surface area contributed by atoms with Gasteiger partial charge in [0.2, 0.25) is 0 Å². The average molecular weight is 333 g/mol. The van der Waals surface area contributed by atoms with E-state index in [2.05, 4.69) is 55.5 Å². The second-order valence-electron chi connectivity index (χ2n) is 6.08. The highest BCUT2D eigenvalue weighted by Gasteiger charge is 1.92. The highest BCUT2D eigenvalue weighted by Crippen LogP contribution is 2.05. The van der Waals surface area contributed by atoms with Gasteiger partial charge < -0.3 is 5.11 Å². The Kier molecular flexibility index (Phi) is 18.2. The topological polar surface area (TPSA) is 37.3 Å². The summed E-state index contributed by atoms with van der Waals surface area (Å²) in [6.45, 7) is 2.25. The molecule has 0 spiro atoms. The van der Waals surface area contributed by atoms with E-state index in [1.54, 1.807) is 0 Å². The Hall–Kier alpha value is -1.57. The van der Waals surface area contributed by atoms with Gasteiger partial charge in [0.05, 0.1) is 0 Å². The molecule has 0 aliphatic heterocycles. The molecular weight excluding hydrogens is 296 g/mol. The summed E-state index contributed by atoms with van der Waals surface area (Å²) in [5, 5.41) is 8.51. The summed E-state index contributed by atoms with van der Waals surface area (Å²) >= 11 is 0. The molecule has 0 atom stereocenters. The number of aliphatic carboxylic acids is 1. The molecule has 0 rings (SSSR count). The van der Waals surface area contributed by atoms with Gasteiger partial charge in [-0.05, 0) is 44.9 Å². The standard InChI is InChI=1S/C22H36O2/c1-2-3-4-5-6-7-8-9-10-11-12-13-14-15-16-17-18-19-20-21-22(23)24/h8-9,11-12,14-15,17-18H,2-7,10,13,16,19-21H2,1H3,(H,23,24).